The summed E-state index contributed by atoms with van der Waals surface area (Å²) in [4.78, 5) is 10.7. The zero-order chi connectivity index (χ0) is 7.65. The Bertz CT molecular complexity index is 117. The maximum Gasteiger partial charge on any atom is 0.228 e. The minimum atomic E-state index is -0.0492. The van der Waals surface area contributed by atoms with Gasteiger partial charge in [0.15, 0.2) is 0 Å². The first kappa shape index (κ1) is 9.20. The maximum absolute atomic E-state index is 10.7. The van der Waals surface area contributed by atoms with Crippen molar-refractivity contribution in [3.8, 4) is 0 Å². The summed E-state index contributed by atoms with van der Waals surface area (Å²) >= 11 is 2.02. The van der Waals surface area contributed by atoms with Crippen molar-refractivity contribution in [1.29, 1.82) is 0 Å². The molecule has 0 atom stereocenters. The second-order valence-corrected chi connectivity index (χ2v) is 3.94. The van der Waals surface area contributed by atoms with Gasteiger partial charge in [-0.1, -0.05) is 0 Å². The summed E-state index contributed by atoms with van der Waals surface area (Å²) < 4.78 is 1.69. The van der Waals surface area contributed by atoms with Crippen LogP contribution in [0.3, 0.4) is 0 Å². The minimum Gasteiger partial charge on any atom is -0.280 e. The average molecular weight is 241 g/mol. The molecule has 0 bridgehead atoms. The van der Waals surface area contributed by atoms with Gasteiger partial charge in [-0.25, -0.2) is 0 Å². The Hall–Kier alpha value is 0.200. The van der Waals surface area contributed by atoms with E-state index < -0.39 is 0 Å². The van der Waals surface area contributed by atoms with Gasteiger partial charge in [-0.2, -0.15) is 0 Å². The molecule has 9 heavy (non-hydrogen) atoms. The SMILES string of the molecule is CC(=O)N(I)C(C)(C)C. The van der Waals surface area contributed by atoms with E-state index in [0.717, 1.165) is 0 Å². The molecule has 0 aliphatic rings. The van der Waals surface area contributed by atoms with E-state index in [0.29, 0.717) is 0 Å². The number of hydrogen-bond acceptors (Lipinski definition) is 1. The highest BCUT2D eigenvalue weighted by atomic mass is 127. The van der Waals surface area contributed by atoms with Crippen molar-refractivity contribution in [2.75, 3.05) is 0 Å². The van der Waals surface area contributed by atoms with Crippen molar-refractivity contribution in [1.82, 2.24) is 3.11 Å². The van der Waals surface area contributed by atoms with Crippen molar-refractivity contribution >= 4 is 28.8 Å². The fourth-order valence-electron chi connectivity index (χ4n) is 0.472. The van der Waals surface area contributed by atoms with Crippen LogP contribution in [-0.4, -0.2) is 14.6 Å². The summed E-state index contributed by atoms with van der Waals surface area (Å²) in [5.74, 6) is 0.100. The van der Waals surface area contributed by atoms with E-state index in [1.54, 1.807) is 10.0 Å². The number of amides is 1. The molecule has 0 aliphatic heterocycles. The Morgan fingerprint density at radius 2 is 1.78 bits per heavy atom. The molecule has 0 spiro atoms. The van der Waals surface area contributed by atoms with E-state index in [1.165, 1.54) is 0 Å². The third-order valence-electron chi connectivity index (χ3n) is 0.865. The highest BCUT2D eigenvalue weighted by Gasteiger charge is 2.20. The van der Waals surface area contributed by atoms with Crippen LogP contribution in [0.25, 0.3) is 0 Å². The summed E-state index contributed by atoms with van der Waals surface area (Å²) in [5, 5.41) is 0. The smallest absolute Gasteiger partial charge is 0.228 e. The molecular formula is C6H12INO. The summed E-state index contributed by atoms with van der Waals surface area (Å²) in [6, 6.07) is 0. The van der Waals surface area contributed by atoms with Gasteiger partial charge >= 0.3 is 0 Å². The lowest BCUT2D eigenvalue weighted by molar-refractivity contribution is -0.125. The number of nitrogens with zero attached hydrogens (tertiary/aromatic N) is 1. The zero-order valence-electron chi connectivity index (χ0n) is 6.23. The first-order valence-corrected chi connectivity index (χ1v) is 3.79. The van der Waals surface area contributed by atoms with Gasteiger partial charge in [0.05, 0.1) is 22.9 Å². The minimum absolute atomic E-state index is 0.0492. The fraction of sp³-hybridized carbons (Fsp3) is 0.833. The lowest BCUT2D eigenvalue weighted by Crippen LogP contribution is -2.36. The largest absolute Gasteiger partial charge is 0.280 e. The van der Waals surface area contributed by atoms with Crippen molar-refractivity contribution in [2.45, 2.75) is 33.2 Å². The second kappa shape index (κ2) is 2.86. The van der Waals surface area contributed by atoms with E-state index >= 15 is 0 Å². The van der Waals surface area contributed by atoms with Gasteiger partial charge in [0.1, 0.15) is 0 Å². The van der Waals surface area contributed by atoms with Crippen molar-refractivity contribution in [2.24, 2.45) is 0 Å². The first-order valence-electron chi connectivity index (χ1n) is 2.82. The molecule has 0 radical (unpaired) electrons. The third kappa shape index (κ3) is 3.03. The molecule has 0 fully saturated rings. The van der Waals surface area contributed by atoms with Gasteiger partial charge < -0.3 is 0 Å². The van der Waals surface area contributed by atoms with Gasteiger partial charge in [-0.3, -0.25) is 7.91 Å². The lowest BCUT2D eigenvalue weighted by atomic mass is 10.1. The molecule has 0 unspecified atom stereocenters. The molecule has 0 saturated heterocycles. The van der Waals surface area contributed by atoms with Crippen LogP contribution in [0.2, 0.25) is 0 Å². The molecule has 0 aromatic heterocycles. The van der Waals surface area contributed by atoms with Crippen molar-refractivity contribution < 1.29 is 4.79 Å². The number of hydrogen-bond donors (Lipinski definition) is 0. The number of carbonyl (C=O) groups is 1. The summed E-state index contributed by atoms with van der Waals surface area (Å²) in [7, 11) is 0. The summed E-state index contributed by atoms with van der Waals surface area (Å²) in [6.07, 6.45) is 0. The van der Waals surface area contributed by atoms with Crippen LogP contribution in [0.4, 0.5) is 0 Å². The van der Waals surface area contributed by atoms with Crippen LogP contribution in [-0.2, 0) is 4.79 Å². The van der Waals surface area contributed by atoms with Crippen molar-refractivity contribution in [3.05, 3.63) is 0 Å². The molecule has 2 nitrogen and oxygen atoms in total. The predicted octanol–water partition coefficient (Wildman–Crippen LogP) is 1.98. The van der Waals surface area contributed by atoms with E-state index in [9.17, 15) is 4.79 Å². The Morgan fingerprint density at radius 1 is 1.44 bits per heavy atom. The van der Waals surface area contributed by atoms with E-state index in [-0.39, 0.29) is 11.4 Å². The molecule has 0 rings (SSSR count). The molecule has 0 aliphatic carbocycles. The normalized spacial score (nSPS) is 11.2. The molecule has 0 aromatic rings. The van der Waals surface area contributed by atoms with Gasteiger partial charge in [0.2, 0.25) is 5.91 Å². The van der Waals surface area contributed by atoms with E-state index in [1.807, 2.05) is 43.6 Å². The average Bonchev–Trinajstić information content (AvgIpc) is 1.62. The lowest BCUT2D eigenvalue weighted by Gasteiger charge is -2.28. The molecule has 0 N–H and O–H groups in total. The van der Waals surface area contributed by atoms with Crippen LogP contribution in [0.5, 0.6) is 0 Å². The highest BCUT2D eigenvalue weighted by molar-refractivity contribution is 14.1. The quantitative estimate of drug-likeness (QED) is 0.469. The molecule has 54 valence electrons. The first-order chi connectivity index (χ1) is 3.85. The topological polar surface area (TPSA) is 20.3 Å². The van der Waals surface area contributed by atoms with E-state index in [2.05, 4.69) is 0 Å². The summed E-state index contributed by atoms with van der Waals surface area (Å²) in [5.41, 5.74) is -0.0492. The predicted molar refractivity (Wildman–Crippen MR) is 46.3 cm³/mol. The van der Waals surface area contributed by atoms with E-state index in [4.69, 9.17) is 0 Å². The zero-order valence-corrected chi connectivity index (χ0v) is 8.39. The molecular weight excluding hydrogens is 229 g/mol. The van der Waals surface area contributed by atoms with Crippen molar-refractivity contribution in [3.63, 3.8) is 0 Å². The van der Waals surface area contributed by atoms with Crippen LogP contribution < -0.4 is 0 Å². The Labute approximate surface area is 70.1 Å². The van der Waals surface area contributed by atoms with Gasteiger partial charge in [0, 0.05) is 12.5 Å². The van der Waals surface area contributed by atoms with Gasteiger partial charge in [0.25, 0.3) is 0 Å². The standard InChI is InChI=1S/C6H12INO/c1-5(9)8(7)6(2,3)4/h1-4H3. The number of carbonyl (C=O) groups excluding carboxylic acids is 1. The van der Waals surface area contributed by atoms with Crippen LogP contribution >= 0.6 is 22.9 Å². The molecule has 1 amide bonds. The maximum atomic E-state index is 10.7. The Kier molecular flexibility index (Phi) is 2.92. The number of halogens is 1. The molecule has 3 heteroatoms. The monoisotopic (exact) mass is 241 g/mol. The van der Waals surface area contributed by atoms with Gasteiger partial charge in [-0.15, -0.1) is 0 Å². The Morgan fingerprint density at radius 3 is 1.78 bits per heavy atom. The van der Waals surface area contributed by atoms with Crippen LogP contribution in [0, 0.1) is 0 Å². The fourth-order valence-corrected chi connectivity index (χ4v) is 0.472. The summed E-state index contributed by atoms with van der Waals surface area (Å²) in [6.45, 7) is 7.57. The van der Waals surface area contributed by atoms with Crippen LogP contribution in [0.15, 0.2) is 0 Å². The number of rotatable bonds is 0. The van der Waals surface area contributed by atoms with Crippen LogP contribution in [0.1, 0.15) is 27.7 Å². The van der Waals surface area contributed by atoms with Gasteiger partial charge in [-0.05, 0) is 20.8 Å². The molecule has 0 aromatic carbocycles. The second-order valence-electron chi connectivity index (χ2n) is 2.97. The molecule has 0 saturated carbocycles. The molecule has 0 heterocycles. The third-order valence-corrected chi connectivity index (χ3v) is 2.99. The Balaban J connectivity index is 4.04. The highest BCUT2D eigenvalue weighted by Crippen LogP contribution is 2.17.